The molecule has 0 saturated heterocycles. The van der Waals surface area contributed by atoms with Gasteiger partial charge in [0.25, 0.3) is 0 Å². The molecule has 108 valence electrons. The third-order valence-corrected chi connectivity index (χ3v) is 3.15. The largest absolute Gasteiger partial charge is 0.497 e. The van der Waals surface area contributed by atoms with E-state index >= 15 is 0 Å². The summed E-state index contributed by atoms with van der Waals surface area (Å²) in [5, 5.41) is 11.3. The zero-order chi connectivity index (χ0) is 14.8. The van der Waals surface area contributed by atoms with Crippen molar-refractivity contribution in [2.45, 2.75) is 0 Å². The summed E-state index contributed by atoms with van der Waals surface area (Å²) >= 11 is 0. The SMILES string of the molecule is CNc1nc(Nc2cccc(OC)c2)c2cnn(C)c2n1. The molecular formula is C14H16N6O. The fourth-order valence-corrected chi connectivity index (χ4v) is 2.07. The number of fused-ring (bicyclic) bond motifs is 1. The van der Waals surface area contributed by atoms with Crippen LogP contribution in [0.5, 0.6) is 5.75 Å². The average Bonchev–Trinajstić information content (AvgIpc) is 2.89. The van der Waals surface area contributed by atoms with Crippen LogP contribution in [-0.4, -0.2) is 33.9 Å². The zero-order valence-corrected chi connectivity index (χ0v) is 12.1. The zero-order valence-electron chi connectivity index (χ0n) is 12.1. The van der Waals surface area contributed by atoms with Crippen molar-refractivity contribution in [3.63, 3.8) is 0 Å². The Kier molecular flexibility index (Phi) is 3.31. The van der Waals surface area contributed by atoms with E-state index in [0.29, 0.717) is 11.8 Å². The number of aryl methyl sites for hydroxylation is 1. The number of anilines is 3. The van der Waals surface area contributed by atoms with Crippen LogP contribution in [0.4, 0.5) is 17.5 Å². The highest BCUT2D eigenvalue weighted by molar-refractivity contribution is 5.89. The number of nitrogens with one attached hydrogen (secondary N) is 2. The van der Waals surface area contributed by atoms with E-state index in [4.69, 9.17) is 4.74 Å². The summed E-state index contributed by atoms with van der Waals surface area (Å²) in [7, 11) is 5.28. The Labute approximate surface area is 122 Å². The van der Waals surface area contributed by atoms with E-state index in [-0.39, 0.29) is 0 Å². The lowest BCUT2D eigenvalue weighted by Crippen LogP contribution is -2.03. The van der Waals surface area contributed by atoms with Crippen LogP contribution in [0.3, 0.4) is 0 Å². The van der Waals surface area contributed by atoms with Gasteiger partial charge in [-0.1, -0.05) is 6.07 Å². The van der Waals surface area contributed by atoms with Crippen LogP contribution in [-0.2, 0) is 7.05 Å². The lowest BCUT2D eigenvalue weighted by Gasteiger charge is -2.09. The molecular weight excluding hydrogens is 268 g/mol. The molecule has 0 bridgehead atoms. The van der Waals surface area contributed by atoms with E-state index in [1.807, 2.05) is 31.3 Å². The molecule has 2 heterocycles. The Morgan fingerprint density at radius 2 is 2.10 bits per heavy atom. The van der Waals surface area contributed by atoms with Gasteiger partial charge in [-0.3, -0.25) is 4.68 Å². The van der Waals surface area contributed by atoms with E-state index in [1.165, 1.54) is 0 Å². The van der Waals surface area contributed by atoms with Crippen LogP contribution in [0.25, 0.3) is 11.0 Å². The second-order valence-electron chi connectivity index (χ2n) is 4.51. The first-order chi connectivity index (χ1) is 10.2. The number of nitrogens with zero attached hydrogens (tertiary/aromatic N) is 4. The minimum Gasteiger partial charge on any atom is -0.497 e. The van der Waals surface area contributed by atoms with Crippen molar-refractivity contribution in [1.82, 2.24) is 19.7 Å². The smallest absolute Gasteiger partial charge is 0.226 e. The van der Waals surface area contributed by atoms with Gasteiger partial charge >= 0.3 is 0 Å². The van der Waals surface area contributed by atoms with Gasteiger partial charge in [-0.15, -0.1) is 0 Å². The van der Waals surface area contributed by atoms with E-state index in [9.17, 15) is 0 Å². The Hall–Kier alpha value is -2.83. The van der Waals surface area contributed by atoms with Gasteiger partial charge in [0.05, 0.1) is 18.7 Å². The van der Waals surface area contributed by atoms with Gasteiger partial charge in [0.15, 0.2) is 5.65 Å². The number of hydrogen-bond donors (Lipinski definition) is 2. The van der Waals surface area contributed by atoms with Crippen molar-refractivity contribution in [2.24, 2.45) is 7.05 Å². The van der Waals surface area contributed by atoms with Gasteiger partial charge in [-0.05, 0) is 12.1 Å². The summed E-state index contributed by atoms with van der Waals surface area (Å²) in [6, 6.07) is 7.67. The monoisotopic (exact) mass is 284 g/mol. The van der Waals surface area contributed by atoms with E-state index in [1.54, 1.807) is 25.0 Å². The van der Waals surface area contributed by atoms with Crippen LogP contribution in [0.15, 0.2) is 30.5 Å². The predicted molar refractivity (Wildman–Crippen MR) is 82.1 cm³/mol. The minimum atomic E-state index is 0.538. The maximum Gasteiger partial charge on any atom is 0.226 e. The number of rotatable bonds is 4. The first-order valence-electron chi connectivity index (χ1n) is 6.50. The first-order valence-corrected chi connectivity index (χ1v) is 6.50. The molecule has 0 fully saturated rings. The molecule has 0 atom stereocenters. The second kappa shape index (κ2) is 5.28. The number of ether oxygens (including phenoxy) is 1. The molecule has 0 spiro atoms. The number of hydrogen-bond acceptors (Lipinski definition) is 6. The molecule has 0 aliphatic rings. The quantitative estimate of drug-likeness (QED) is 0.764. The normalized spacial score (nSPS) is 10.6. The van der Waals surface area contributed by atoms with Gasteiger partial charge in [0.2, 0.25) is 5.95 Å². The molecule has 2 N–H and O–H groups in total. The maximum atomic E-state index is 5.23. The van der Waals surface area contributed by atoms with E-state index in [2.05, 4.69) is 25.7 Å². The molecule has 0 aliphatic carbocycles. The van der Waals surface area contributed by atoms with Gasteiger partial charge in [0, 0.05) is 25.8 Å². The molecule has 3 aromatic rings. The van der Waals surface area contributed by atoms with Crippen LogP contribution in [0, 0.1) is 0 Å². The summed E-state index contributed by atoms with van der Waals surface area (Å²) < 4.78 is 6.94. The molecule has 0 saturated carbocycles. The van der Waals surface area contributed by atoms with Crippen LogP contribution in [0.1, 0.15) is 0 Å². The van der Waals surface area contributed by atoms with E-state index in [0.717, 1.165) is 22.5 Å². The van der Waals surface area contributed by atoms with Gasteiger partial charge in [-0.25, -0.2) is 0 Å². The summed E-state index contributed by atoms with van der Waals surface area (Å²) in [6.07, 6.45) is 1.75. The van der Waals surface area contributed by atoms with E-state index < -0.39 is 0 Å². The van der Waals surface area contributed by atoms with Crippen molar-refractivity contribution in [1.29, 1.82) is 0 Å². The predicted octanol–water partition coefficient (Wildman–Crippen LogP) is 2.16. The van der Waals surface area contributed by atoms with Crippen molar-refractivity contribution in [2.75, 3.05) is 24.8 Å². The summed E-state index contributed by atoms with van der Waals surface area (Å²) in [6.45, 7) is 0. The molecule has 0 unspecified atom stereocenters. The van der Waals surface area contributed by atoms with Crippen molar-refractivity contribution < 1.29 is 4.74 Å². The average molecular weight is 284 g/mol. The fourth-order valence-electron chi connectivity index (χ4n) is 2.07. The maximum absolute atomic E-state index is 5.23. The Bertz CT molecular complexity index is 782. The summed E-state index contributed by atoms with van der Waals surface area (Å²) in [5.74, 6) is 2.02. The number of methoxy groups -OCH3 is 1. The van der Waals surface area contributed by atoms with Crippen LogP contribution in [0.2, 0.25) is 0 Å². The number of aromatic nitrogens is 4. The molecule has 0 amide bonds. The Morgan fingerprint density at radius 1 is 1.24 bits per heavy atom. The lowest BCUT2D eigenvalue weighted by atomic mass is 10.3. The topological polar surface area (TPSA) is 76.9 Å². The summed E-state index contributed by atoms with van der Waals surface area (Å²) in [5.41, 5.74) is 1.65. The standard InChI is InChI=1S/C14H16N6O/c1-15-14-18-12(11-8-16-20(2)13(11)19-14)17-9-5-4-6-10(7-9)21-3/h4-8H,1-3H3,(H2,15,17,18,19). The molecule has 0 radical (unpaired) electrons. The molecule has 7 nitrogen and oxygen atoms in total. The molecule has 7 heteroatoms. The van der Waals surface area contributed by atoms with Crippen molar-refractivity contribution >= 4 is 28.5 Å². The van der Waals surface area contributed by atoms with Gasteiger partial charge in [-0.2, -0.15) is 15.1 Å². The molecule has 0 aliphatic heterocycles. The van der Waals surface area contributed by atoms with Gasteiger partial charge < -0.3 is 15.4 Å². The summed E-state index contributed by atoms with van der Waals surface area (Å²) in [4.78, 5) is 8.86. The van der Waals surface area contributed by atoms with Crippen molar-refractivity contribution in [3.05, 3.63) is 30.5 Å². The highest BCUT2D eigenvalue weighted by atomic mass is 16.5. The van der Waals surface area contributed by atoms with Gasteiger partial charge in [0.1, 0.15) is 11.6 Å². The van der Waals surface area contributed by atoms with Crippen LogP contribution < -0.4 is 15.4 Å². The Balaban J connectivity index is 2.06. The molecule has 2 aromatic heterocycles. The molecule has 3 rings (SSSR count). The fraction of sp³-hybridized carbons (Fsp3) is 0.214. The minimum absolute atomic E-state index is 0.538. The number of benzene rings is 1. The Morgan fingerprint density at radius 3 is 2.86 bits per heavy atom. The highest BCUT2D eigenvalue weighted by Gasteiger charge is 2.11. The first kappa shape index (κ1) is 13.2. The third kappa shape index (κ3) is 2.45. The third-order valence-electron chi connectivity index (χ3n) is 3.15. The van der Waals surface area contributed by atoms with Crippen molar-refractivity contribution in [3.8, 4) is 5.75 Å². The molecule has 21 heavy (non-hydrogen) atoms. The lowest BCUT2D eigenvalue weighted by molar-refractivity contribution is 0.415. The molecule has 1 aromatic carbocycles. The second-order valence-corrected chi connectivity index (χ2v) is 4.51. The highest BCUT2D eigenvalue weighted by Crippen LogP contribution is 2.26. The van der Waals surface area contributed by atoms with Crippen LogP contribution >= 0.6 is 0 Å².